The zero-order chi connectivity index (χ0) is 41.4. The van der Waals surface area contributed by atoms with Crippen LogP contribution in [0.15, 0.2) is 48.6 Å². The predicted molar refractivity (Wildman–Crippen MR) is 232 cm³/mol. The van der Waals surface area contributed by atoms with Gasteiger partial charge in [-0.25, -0.2) is 0 Å². The van der Waals surface area contributed by atoms with E-state index in [1.165, 1.54) is 109 Å². The van der Waals surface area contributed by atoms with Crippen LogP contribution in [0.3, 0.4) is 0 Å². The van der Waals surface area contributed by atoms with Gasteiger partial charge in [-0.2, -0.15) is 0 Å². The maximum atomic E-state index is 12.7. The van der Waals surface area contributed by atoms with Crippen LogP contribution in [-0.4, -0.2) is 81.9 Å². The number of carbonyl (C=O) groups is 1. The van der Waals surface area contributed by atoms with Crippen molar-refractivity contribution in [3.05, 3.63) is 48.6 Å². The van der Waals surface area contributed by atoms with Crippen molar-refractivity contribution >= 4 is 13.8 Å². The van der Waals surface area contributed by atoms with E-state index >= 15 is 0 Å². The summed E-state index contributed by atoms with van der Waals surface area (Å²) in [5, 5.41) is 10.3. The molecule has 0 saturated heterocycles. The molecule has 0 bridgehead atoms. The smallest absolute Gasteiger partial charge is 0.306 e. The molecule has 0 aromatic rings. The highest BCUT2D eigenvalue weighted by Crippen LogP contribution is 2.38. The van der Waals surface area contributed by atoms with Gasteiger partial charge >= 0.3 is 5.97 Å². The summed E-state index contributed by atoms with van der Waals surface area (Å²) in [6, 6.07) is 0. The molecule has 0 fully saturated rings. The Labute approximate surface area is 344 Å². The van der Waals surface area contributed by atoms with E-state index in [4.69, 9.17) is 18.5 Å². The lowest BCUT2D eigenvalue weighted by molar-refractivity contribution is -0.870. The lowest BCUT2D eigenvalue weighted by Gasteiger charge is -2.28. The number of unbranched alkanes of at least 4 members (excludes halogenated alkanes) is 18. The highest BCUT2D eigenvalue weighted by atomic mass is 31.2. The van der Waals surface area contributed by atoms with Crippen molar-refractivity contribution in [2.24, 2.45) is 0 Å². The standard InChI is InChI=1S/C46H86NO8P/c1-6-8-10-12-14-16-18-20-21-22-24-26-28-30-32-34-40-52-42-45(43-54-56(50,51)53-41-39-47(3,4)5)55-46(49)38-35-37-44(48)36-33-31-29-27-25-23-19-17-15-13-11-9-7-2/h15,17,23,25,29,31,33,36,44-45,48H,6-14,16,18-22,24,26-28,30,32,34-35,37-43H2,1-5H3/b17-15+,25-23+,31-29+,36-33+. The molecule has 0 amide bonds. The average molecular weight is 812 g/mol. The number of phosphoric acid groups is 1. The Kier molecular flexibility index (Phi) is 37.8. The molecule has 0 aromatic carbocycles. The van der Waals surface area contributed by atoms with Crippen molar-refractivity contribution < 1.29 is 42.4 Å². The second kappa shape index (κ2) is 38.9. The van der Waals surface area contributed by atoms with E-state index < -0.39 is 26.0 Å². The Morgan fingerprint density at radius 3 is 1.79 bits per heavy atom. The van der Waals surface area contributed by atoms with Gasteiger partial charge in [-0.3, -0.25) is 9.36 Å². The molecule has 0 spiro atoms. The molecule has 0 heterocycles. The van der Waals surface area contributed by atoms with Crippen LogP contribution in [0.4, 0.5) is 0 Å². The van der Waals surface area contributed by atoms with Crippen LogP contribution in [0.1, 0.15) is 174 Å². The van der Waals surface area contributed by atoms with Gasteiger partial charge in [-0.1, -0.05) is 172 Å². The largest absolute Gasteiger partial charge is 0.756 e. The SMILES string of the molecule is CCCCC/C=C/C/C=C/C/C=C/C=C/C(O)CCCC(=O)OC(COCCCCCCCCCCCCCCCCCC)COP(=O)([O-])OCC[N+](C)(C)C. The van der Waals surface area contributed by atoms with Gasteiger partial charge in [-0.15, -0.1) is 0 Å². The van der Waals surface area contributed by atoms with Gasteiger partial charge in [0.15, 0.2) is 0 Å². The zero-order valence-electron chi connectivity index (χ0n) is 36.7. The molecule has 0 saturated carbocycles. The molecule has 1 N–H and O–H groups in total. The molecular weight excluding hydrogens is 725 g/mol. The first kappa shape index (κ1) is 54.4. The van der Waals surface area contributed by atoms with Crippen LogP contribution >= 0.6 is 7.82 Å². The van der Waals surface area contributed by atoms with Crippen molar-refractivity contribution in [2.75, 3.05) is 54.1 Å². The van der Waals surface area contributed by atoms with Crippen molar-refractivity contribution in [3.8, 4) is 0 Å². The Bertz CT molecular complexity index is 1050. The minimum atomic E-state index is -4.58. The molecule has 9 nitrogen and oxygen atoms in total. The third-order valence-corrected chi connectivity index (χ3v) is 10.5. The summed E-state index contributed by atoms with van der Waals surface area (Å²) in [5.74, 6) is -0.491. The quantitative estimate of drug-likeness (QED) is 0.0162. The second-order valence-corrected chi connectivity index (χ2v) is 17.7. The van der Waals surface area contributed by atoms with E-state index in [1.807, 2.05) is 39.4 Å². The molecule has 0 aliphatic heterocycles. The van der Waals surface area contributed by atoms with Crippen LogP contribution in [0.2, 0.25) is 0 Å². The Hall–Kier alpha value is -1.58. The molecule has 0 aliphatic rings. The fourth-order valence-electron chi connectivity index (χ4n) is 5.94. The maximum absolute atomic E-state index is 12.7. The van der Waals surface area contributed by atoms with Crippen molar-refractivity contribution in [1.29, 1.82) is 0 Å². The number of nitrogens with zero attached hydrogens (tertiary/aromatic N) is 1. The number of rotatable bonds is 41. The molecule has 3 atom stereocenters. The van der Waals surface area contributed by atoms with Gasteiger partial charge in [0, 0.05) is 13.0 Å². The first-order valence-corrected chi connectivity index (χ1v) is 23.9. The third-order valence-electron chi connectivity index (χ3n) is 9.49. The second-order valence-electron chi connectivity index (χ2n) is 16.3. The van der Waals surface area contributed by atoms with E-state index in [0.717, 1.165) is 32.1 Å². The fourth-order valence-corrected chi connectivity index (χ4v) is 6.67. The van der Waals surface area contributed by atoms with Gasteiger partial charge in [0.2, 0.25) is 0 Å². The minimum Gasteiger partial charge on any atom is -0.756 e. The van der Waals surface area contributed by atoms with E-state index in [9.17, 15) is 19.4 Å². The summed E-state index contributed by atoms with van der Waals surface area (Å²) in [5.41, 5.74) is 0. The normalized spacial score (nSPS) is 14.8. The zero-order valence-corrected chi connectivity index (χ0v) is 37.6. The number of aliphatic hydroxyl groups excluding tert-OH is 1. The molecule has 10 heteroatoms. The summed E-state index contributed by atoms with van der Waals surface area (Å²) in [7, 11) is 1.24. The molecule has 3 unspecified atom stereocenters. The Morgan fingerprint density at radius 1 is 0.661 bits per heavy atom. The van der Waals surface area contributed by atoms with E-state index in [2.05, 4.69) is 38.2 Å². The molecule has 328 valence electrons. The fraction of sp³-hybridized carbons (Fsp3) is 0.804. The Morgan fingerprint density at radius 2 is 1.20 bits per heavy atom. The number of hydrogen-bond acceptors (Lipinski definition) is 8. The van der Waals surface area contributed by atoms with Crippen LogP contribution in [0.25, 0.3) is 0 Å². The minimum absolute atomic E-state index is 0.00871. The van der Waals surface area contributed by atoms with Crippen molar-refractivity contribution in [2.45, 2.75) is 187 Å². The summed E-state index contributed by atoms with van der Waals surface area (Å²) >= 11 is 0. The lowest BCUT2D eigenvalue weighted by atomic mass is 10.0. The number of hydrogen-bond donors (Lipinski definition) is 1. The highest BCUT2D eigenvalue weighted by Gasteiger charge is 2.20. The highest BCUT2D eigenvalue weighted by molar-refractivity contribution is 7.45. The number of ether oxygens (including phenoxy) is 2. The van der Waals surface area contributed by atoms with Crippen molar-refractivity contribution in [1.82, 2.24) is 0 Å². The predicted octanol–water partition coefficient (Wildman–Crippen LogP) is 11.5. The van der Waals surface area contributed by atoms with Gasteiger partial charge in [0.05, 0.1) is 40.5 Å². The monoisotopic (exact) mass is 812 g/mol. The molecule has 56 heavy (non-hydrogen) atoms. The van der Waals surface area contributed by atoms with E-state index in [-0.39, 0.29) is 26.2 Å². The third kappa shape index (κ3) is 42.0. The van der Waals surface area contributed by atoms with E-state index in [1.54, 1.807) is 6.08 Å². The number of aliphatic hydroxyl groups is 1. The van der Waals surface area contributed by atoms with Crippen LogP contribution in [-0.2, 0) is 27.9 Å². The summed E-state index contributed by atoms with van der Waals surface area (Å²) < 4.78 is 34.4. The molecule has 0 aromatic heterocycles. The molecular formula is C46H86NO8P. The maximum Gasteiger partial charge on any atom is 0.306 e. The first-order valence-electron chi connectivity index (χ1n) is 22.5. The number of esters is 1. The van der Waals surface area contributed by atoms with Crippen LogP contribution in [0.5, 0.6) is 0 Å². The number of allylic oxidation sites excluding steroid dienone is 7. The summed E-state index contributed by atoms with van der Waals surface area (Å²) in [6.45, 7) is 5.12. The Balaban J connectivity index is 4.42. The molecule has 0 rings (SSSR count). The van der Waals surface area contributed by atoms with Gasteiger partial charge < -0.3 is 33.0 Å². The van der Waals surface area contributed by atoms with E-state index in [0.29, 0.717) is 30.5 Å². The van der Waals surface area contributed by atoms with Crippen LogP contribution < -0.4 is 4.89 Å². The van der Waals surface area contributed by atoms with Gasteiger partial charge in [-0.05, 0) is 44.9 Å². The lowest BCUT2D eigenvalue weighted by Crippen LogP contribution is -2.37. The number of quaternary nitrogens is 1. The molecule has 0 radical (unpaired) electrons. The summed E-state index contributed by atoms with van der Waals surface area (Å²) in [6.07, 6.45) is 43.0. The number of likely N-dealkylation sites (N-methyl/N-ethyl adjacent to an activating group) is 1. The topological polar surface area (TPSA) is 114 Å². The van der Waals surface area contributed by atoms with Crippen LogP contribution in [0, 0.1) is 0 Å². The average Bonchev–Trinajstić information content (AvgIpc) is 3.14. The van der Waals surface area contributed by atoms with Gasteiger partial charge in [0.25, 0.3) is 7.82 Å². The molecule has 0 aliphatic carbocycles. The van der Waals surface area contributed by atoms with Crippen molar-refractivity contribution in [3.63, 3.8) is 0 Å². The first-order chi connectivity index (χ1) is 27.0. The summed E-state index contributed by atoms with van der Waals surface area (Å²) in [4.78, 5) is 25.1. The number of phosphoric ester groups is 1. The van der Waals surface area contributed by atoms with Gasteiger partial charge in [0.1, 0.15) is 19.3 Å². The number of carbonyl (C=O) groups excluding carboxylic acids is 1.